The van der Waals surface area contributed by atoms with Crippen LogP contribution in [-0.4, -0.2) is 19.8 Å². The molecule has 2 nitrogen and oxygen atoms in total. The first kappa shape index (κ1) is 11.9. The summed E-state index contributed by atoms with van der Waals surface area (Å²) in [4.78, 5) is 0. The van der Waals surface area contributed by atoms with Crippen LogP contribution in [0.3, 0.4) is 0 Å². The molecule has 0 radical (unpaired) electrons. The van der Waals surface area contributed by atoms with Gasteiger partial charge in [-0.05, 0) is 25.5 Å². The van der Waals surface area contributed by atoms with Crippen molar-refractivity contribution in [3.63, 3.8) is 0 Å². The van der Waals surface area contributed by atoms with E-state index >= 15 is 0 Å². The van der Waals surface area contributed by atoms with Crippen LogP contribution in [0.5, 0.6) is 0 Å². The molecule has 0 amide bonds. The third kappa shape index (κ3) is 3.83. The summed E-state index contributed by atoms with van der Waals surface area (Å²) >= 11 is 0. The Labute approximate surface area is 88.3 Å². The van der Waals surface area contributed by atoms with E-state index in [1.54, 1.807) is 7.11 Å². The predicted octanol–water partition coefficient (Wildman–Crippen LogP) is 2.80. The Bertz CT molecular complexity index is 317. The van der Waals surface area contributed by atoms with Gasteiger partial charge >= 0.3 is 0 Å². The second-order valence-corrected chi connectivity index (χ2v) is 3.46. The summed E-state index contributed by atoms with van der Waals surface area (Å²) in [6, 6.07) is 3.94. The van der Waals surface area contributed by atoms with Crippen molar-refractivity contribution in [3.8, 4) is 0 Å². The minimum atomic E-state index is -0.834. The normalized spacial score (nSPS) is 12.5. The topological polar surface area (TPSA) is 21.3 Å². The molecule has 1 aromatic carbocycles. The monoisotopic (exact) mass is 215 g/mol. The van der Waals surface area contributed by atoms with Crippen molar-refractivity contribution in [3.05, 3.63) is 29.8 Å². The molecule has 0 aromatic heterocycles. The van der Waals surface area contributed by atoms with Crippen LogP contribution in [0.25, 0.3) is 0 Å². The maximum absolute atomic E-state index is 12.8. The Balaban J connectivity index is 2.53. The standard InChI is InChI=1S/C11H15F2NO/c1-8(5-6-15-2)14-9-3-4-10(12)11(13)7-9/h3-4,7-8,14H,5-6H2,1-2H3. The average molecular weight is 215 g/mol. The van der Waals surface area contributed by atoms with Crippen LogP contribution in [0, 0.1) is 11.6 Å². The van der Waals surface area contributed by atoms with Gasteiger partial charge in [0.15, 0.2) is 11.6 Å². The summed E-state index contributed by atoms with van der Waals surface area (Å²) in [6.07, 6.45) is 0.815. The number of rotatable bonds is 5. The maximum Gasteiger partial charge on any atom is 0.160 e. The van der Waals surface area contributed by atoms with Crippen molar-refractivity contribution in [1.29, 1.82) is 0 Å². The van der Waals surface area contributed by atoms with E-state index < -0.39 is 11.6 Å². The molecule has 0 aliphatic carbocycles. The number of hydrogen-bond donors (Lipinski definition) is 1. The van der Waals surface area contributed by atoms with Gasteiger partial charge in [-0.15, -0.1) is 0 Å². The van der Waals surface area contributed by atoms with Crippen molar-refractivity contribution in [2.24, 2.45) is 0 Å². The Morgan fingerprint density at radius 2 is 2.07 bits per heavy atom. The second kappa shape index (κ2) is 5.66. The first-order valence-corrected chi connectivity index (χ1v) is 4.84. The van der Waals surface area contributed by atoms with E-state index in [-0.39, 0.29) is 6.04 Å². The first-order chi connectivity index (χ1) is 7.13. The second-order valence-electron chi connectivity index (χ2n) is 3.46. The third-order valence-corrected chi connectivity index (χ3v) is 2.09. The molecular weight excluding hydrogens is 200 g/mol. The van der Waals surface area contributed by atoms with E-state index in [4.69, 9.17) is 4.74 Å². The van der Waals surface area contributed by atoms with Crippen molar-refractivity contribution in [2.75, 3.05) is 19.0 Å². The third-order valence-electron chi connectivity index (χ3n) is 2.09. The Morgan fingerprint density at radius 3 is 2.67 bits per heavy atom. The highest BCUT2D eigenvalue weighted by molar-refractivity contribution is 5.44. The fourth-order valence-corrected chi connectivity index (χ4v) is 1.24. The van der Waals surface area contributed by atoms with E-state index in [1.807, 2.05) is 6.92 Å². The van der Waals surface area contributed by atoms with Gasteiger partial charge in [-0.3, -0.25) is 0 Å². The maximum atomic E-state index is 12.8. The Kier molecular flexibility index (Phi) is 4.49. The molecule has 4 heteroatoms. The Hall–Kier alpha value is -1.16. The summed E-state index contributed by atoms with van der Waals surface area (Å²) in [6.45, 7) is 2.60. The lowest BCUT2D eigenvalue weighted by Gasteiger charge is -2.14. The van der Waals surface area contributed by atoms with Gasteiger partial charge in [-0.1, -0.05) is 0 Å². The van der Waals surface area contributed by atoms with E-state index in [2.05, 4.69) is 5.32 Å². The highest BCUT2D eigenvalue weighted by Crippen LogP contribution is 2.14. The van der Waals surface area contributed by atoms with Crippen LogP contribution in [0.2, 0.25) is 0 Å². The number of nitrogens with one attached hydrogen (secondary N) is 1. The fraction of sp³-hybridized carbons (Fsp3) is 0.455. The van der Waals surface area contributed by atoms with Crippen molar-refractivity contribution < 1.29 is 13.5 Å². The molecule has 0 aliphatic rings. The molecule has 1 aromatic rings. The zero-order valence-electron chi connectivity index (χ0n) is 8.89. The number of hydrogen-bond acceptors (Lipinski definition) is 2. The van der Waals surface area contributed by atoms with Crippen molar-refractivity contribution in [2.45, 2.75) is 19.4 Å². The van der Waals surface area contributed by atoms with E-state index in [0.29, 0.717) is 12.3 Å². The molecule has 0 spiro atoms. The fourth-order valence-electron chi connectivity index (χ4n) is 1.24. The van der Waals surface area contributed by atoms with Gasteiger partial charge in [0, 0.05) is 31.5 Å². The molecule has 0 fully saturated rings. The molecule has 84 valence electrons. The van der Waals surface area contributed by atoms with Crippen LogP contribution in [0.1, 0.15) is 13.3 Å². The van der Waals surface area contributed by atoms with Gasteiger partial charge in [-0.2, -0.15) is 0 Å². The summed E-state index contributed by atoms with van der Waals surface area (Å²) in [5.74, 6) is -1.66. The number of halogens is 2. The molecule has 0 saturated heterocycles. The van der Waals surface area contributed by atoms with Gasteiger partial charge in [0.25, 0.3) is 0 Å². The molecule has 0 bridgehead atoms. The summed E-state index contributed by atoms with van der Waals surface area (Å²) in [7, 11) is 1.63. The van der Waals surface area contributed by atoms with Gasteiger partial charge in [-0.25, -0.2) is 8.78 Å². The smallest absolute Gasteiger partial charge is 0.160 e. The number of methoxy groups -OCH3 is 1. The van der Waals surface area contributed by atoms with E-state index in [1.165, 1.54) is 6.07 Å². The summed E-state index contributed by atoms with van der Waals surface area (Å²) in [5, 5.41) is 3.06. The van der Waals surface area contributed by atoms with Crippen LogP contribution in [0.15, 0.2) is 18.2 Å². The zero-order chi connectivity index (χ0) is 11.3. The largest absolute Gasteiger partial charge is 0.385 e. The lowest BCUT2D eigenvalue weighted by molar-refractivity contribution is 0.191. The Morgan fingerprint density at radius 1 is 1.33 bits per heavy atom. The molecule has 0 heterocycles. The SMILES string of the molecule is COCCC(C)Nc1ccc(F)c(F)c1. The van der Waals surface area contributed by atoms with Crippen molar-refractivity contribution >= 4 is 5.69 Å². The number of anilines is 1. The van der Waals surface area contributed by atoms with Crippen LogP contribution in [0.4, 0.5) is 14.5 Å². The lowest BCUT2D eigenvalue weighted by Crippen LogP contribution is -2.17. The molecule has 15 heavy (non-hydrogen) atoms. The van der Waals surface area contributed by atoms with E-state index in [0.717, 1.165) is 18.6 Å². The molecular formula is C11H15F2NO. The van der Waals surface area contributed by atoms with Gasteiger partial charge in [0.2, 0.25) is 0 Å². The lowest BCUT2D eigenvalue weighted by atomic mass is 10.2. The molecule has 1 unspecified atom stereocenters. The summed E-state index contributed by atoms with van der Waals surface area (Å²) in [5.41, 5.74) is 0.581. The van der Waals surface area contributed by atoms with Gasteiger partial charge in [0.05, 0.1) is 0 Å². The zero-order valence-corrected chi connectivity index (χ0v) is 8.89. The minimum absolute atomic E-state index is 0.162. The summed E-state index contributed by atoms with van der Waals surface area (Å²) < 4.78 is 30.4. The van der Waals surface area contributed by atoms with Gasteiger partial charge in [0.1, 0.15) is 0 Å². The predicted molar refractivity (Wildman–Crippen MR) is 55.9 cm³/mol. The van der Waals surface area contributed by atoms with Crippen LogP contribution >= 0.6 is 0 Å². The van der Waals surface area contributed by atoms with Crippen LogP contribution < -0.4 is 5.32 Å². The van der Waals surface area contributed by atoms with Crippen molar-refractivity contribution in [1.82, 2.24) is 0 Å². The quantitative estimate of drug-likeness (QED) is 0.815. The minimum Gasteiger partial charge on any atom is -0.385 e. The number of ether oxygens (including phenoxy) is 1. The van der Waals surface area contributed by atoms with Gasteiger partial charge < -0.3 is 10.1 Å². The first-order valence-electron chi connectivity index (χ1n) is 4.84. The number of benzene rings is 1. The highest BCUT2D eigenvalue weighted by Gasteiger charge is 2.05. The molecule has 0 saturated carbocycles. The van der Waals surface area contributed by atoms with E-state index in [9.17, 15) is 8.78 Å². The molecule has 1 rings (SSSR count). The van der Waals surface area contributed by atoms with Crippen LogP contribution in [-0.2, 0) is 4.74 Å². The molecule has 1 N–H and O–H groups in total. The molecule has 0 aliphatic heterocycles. The molecule has 1 atom stereocenters. The average Bonchev–Trinajstić information content (AvgIpc) is 2.20. The highest BCUT2D eigenvalue weighted by atomic mass is 19.2.